The Morgan fingerprint density at radius 3 is 1.81 bits per heavy atom. The van der Waals surface area contributed by atoms with Crippen LogP contribution in [-0.2, 0) is 19.5 Å². The molecule has 21 heavy (non-hydrogen) atoms. The van der Waals surface area contributed by atoms with Crippen molar-refractivity contribution in [2.24, 2.45) is 14.1 Å². The maximum atomic E-state index is 4.25. The predicted molar refractivity (Wildman–Crippen MR) is 92.7 cm³/mol. The van der Waals surface area contributed by atoms with Crippen molar-refractivity contribution in [1.29, 1.82) is 0 Å². The van der Waals surface area contributed by atoms with Crippen molar-refractivity contribution >= 4 is 0 Å². The first-order valence-corrected chi connectivity index (χ1v) is 6.67. The summed E-state index contributed by atoms with van der Waals surface area (Å²) in [4.78, 5) is 8.43. The van der Waals surface area contributed by atoms with Crippen LogP contribution in [-0.4, -0.2) is 19.1 Å². The van der Waals surface area contributed by atoms with Gasteiger partial charge >= 0.3 is 0 Å². The summed E-state index contributed by atoms with van der Waals surface area (Å²) in [5.41, 5.74) is 1.33. The van der Waals surface area contributed by atoms with E-state index in [1.165, 1.54) is 0 Å². The van der Waals surface area contributed by atoms with E-state index < -0.39 is 0 Å². The van der Waals surface area contributed by atoms with Crippen molar-refractivity contribution in [2.75, 3.05) is 0 Å². The van der Waals surface area contributed by atoms with Gasteiger partial charge in [-0.25, -0.2) is 9.97 Å². The van der Waals surface area contributed by atoms with Gasteiger partial charge in [-0.05, 0) is 5.92 Å². The Balaban J connectivity index is 0. The number of hydrogen-bond donors (Lipinski definition) is 0. The first kappa shape index (κ1) is 21.7. The van der Waals surface area contributed by atoms with Crippen LogP contribution in [0.3, 0.4) is 0 Å². The van der Waals surface area contributed by atoms with Crippen LogP contribution >= 0.6 is 0 Å². The highest BCUT2D eigenvalue weighted by Gasteiger charge is 2.17. The first-order valence-electron chi connectivity index (χ1n) is 6.67. The van der Waals surface area contributed by atoms with Gasteiger partial charge in [-0.2, -0.15) is 0 Å². The quantitative estimate of drug-likeness (QED) is 0.774. The topological polar surface area (TPSA) is 35.6 Å². The highest BCUT2D eigenvalue weighted by Crippen LogP contribution is 2.18. The SMILES string of the molecule is C.C.CC(C)c1cn(C)cn1.Cn1ccnc1C(C)(C)C. The highest BCUT2D eigenvalue weighted by molar-refractivity contribution is 5.03. The summed E-state index contributed by atoms with van der Waals surface area (Å²) in [5.74, 6) is 1.68. The highest BCUT2D eigenvalue weighted by atomic mass is 15.0. The molecule has 122 valence electrons. The predicted octanol–water partition coefficient (Wildman–Crippen LogP) is 4.53. The standard InChI is InChI=1S/C8H14N2.C7H12N2.2CH4/c1-8(2,3)7-9-5-6-10(7)4;1-6(2)7-4-9(3)5-8-7;;/h5-6H,1-4H3;4-6H,1-3H3;2*1H4. The molecule has 2 aromatic rings. The molecule has 0 atom stereocenters. The Morgan fingerprint density at radius 2 is 1.62 bits per heavy atom. The maximum Gasteiger partial charge on any atom is 0.113 e. The van der Waals surface area contributed by atoms with E-state index in [4.69, 9.17) is 0 Å². The van der Waals surface area contributed by atoms with Gasteiger partial charge < -0.3 is 9.13 Å². The van der Waals surface area contributed by atoms with Gasteiger partial charge in [0.15, 0.2) is 0 Å². The Bertz CT molecular complexity index is 501. The number of rotatable bonds is 1. The average Bonchev–Trinajstić information content (AvgIpc) is 2.86. The fraction of sp³-hybridized carbons (Fsp3) is 0.647. The Hall–Kier alpha value is -1.58. The number of nitrogens with zero attached hydrogens (tertiary/aromatic N) is 4. The summed E-state index contributed by atoms with van der Waals surface area (Å²) in [6, 6.07) is 0. The third kappa shape index (κ3) is 6.61. The lowest BCUT2D eigenvalue weighted by Gasteiger charge is -2.17. The van der Waals surface area contributed by atoms with E-state index in [0.717, 1.165) is 11.5 Å². The number of imidazole rings is 2. The molecule has 0 bridgehead atoms. The van der Waals surface area contributed by atoms with Gasteiger partial charge in [0.25, 0.3) is 0 Å². The lowest BCUT2D eigenvalue weighted by atomic mass is 9.96. The molecule has 0 aliphatic rings. The third-order valence-corrected chi connectivity index (χ3v) is 2.81. The molecule has 2 rings (SSSR count). The largest absolute Gasteiger partial charge is 0.340 e. The summed E-state index contributed by atoms with van der Waals surface area (Å²) in [6.45, 7) is 10.8. The zero-order valence-corrected chi connectivity index (χ0v) is 13.2. The summed E-state index contributed by atoms with van der Waals surface area (Å²) < 4.78 is 4.02. The average molecular weight is 294 g/mol. The second-order valence-electron chi connectivity index (χ2n) is 6.23. The van der Waals surface area contributed by atoms with Gasteiger partial charge in [-0.1, -0.05) is 49.5 Å². The van der Waals surface area contributed by atoms with Gasteiger partial charge in [0.2, 0.25) is 0 Å². The lowest BCUT2D eigenvalue weighted by molar-refractivity contribution is 0.522. The van der Waals surface area contributed by atoms with E-state index in [1.807, 2.05) is 43.6 Å². The van der Waals surface area contributed by atoms with Crippen molar-refractivity contribution in [2.45, 2.75) is 60.8 Å². The van der Waals surface area contributed by atoms with E-state index in [0.29, 0.717) is 5.92 Å². The van der Waals surface area contributed by atoms with Crippen molar-refractivity contribution in [3.63, 3.8) is 0 Å². The van der Waals surface area contributed by atoms with E-state index in [-0.39, 0.29) is 20.3 Å². The number of aromatic nitrogens is 4. The van der Waals surface area contributed by atoms with Crippen molar-refractivity contribution < 1.29 is 0 Å². The Morgan fingerprint density at radius 1 is 1.05 bits per heavy atom. The van der Waals surface area contributed by atoms with E-state index in [1.54, 1.807) is 0 Å². The number of aryl methyl sites for hydroxylation is 2. The second-order valence-corrected chi connectivity index (χ2v) is 6.23. The molecule has 0 spiro atoms. The molecule has 0 aromatic carbocycles. The van der Waals surface area contributed by atoms with E-state index in [2.05, 4.69) is 49.2 Å². The molecule has 2 heterocycles. The van der Waals surface area contributed by atoms with Gasteiger partial charge in [0.05, 0.1) is 12.0 Å². The van der Waals surface area contributed by atoms with Crippen LogP contribution in [0, 0.1) is 0 Å². The van der Waals surface area contributed by atoms with Crippen LogP contribution in [0.25, 0.3) is 0 Å². The molecule has 0 unspecified atom stereocenters. The van der Waals surface area contributed by atoms with Gasteiger partial charge in [-0.15, -0.1) is 0 Å². The molecular weight excluding hydrogens is 260 g/mol. The van der Waals surface area contributed by atoms with Gasteiger partial charge in [-0.3, -0.25) is 0 Å². The molecule has 0 saturated heterocycles. The molecule has 0 fully saturated rings. The number of hydrogen-bond acceptors (Lipinski definition) is 2. The molecule has 0 aliphatic heterocycles. The summed E-state index contributed by atoms with van der Waals surface area (Å²) in [5, 5.41) is 0. The van der Waals surface area contributed by atoms with Crippen LogP contribution < -0.4 is 0 Å². The van der Waals surface area contributed by atoms with E-state index >= 15 is 0 Å². The summed E-state index contributed by atoms with van der Waals surface area (Å²) in [7, 11) is 4.01. The summed E-state index contributed by atoms with van der Waals surface area (Å²) in [6.07, 6.45) is 7.68. The molecular formula is C17H34N4. The maximum absolute atomic E-state index is 4.25. The van der Waals surface area contributed by atoms with Gasteiger partial charge in [0.1, 0.15) is 5.82 Å². The molecule has 0 N–H and O–H groups in total. The van der Waals surface area contributed by atoms with Crippen LogP contribution in [0.2, 0.25) is 0 Å². The van der Waals surface area contributed by atoms with Crippen molar-refractivity contribution in [3.8, 4) is 0 Å². The Labute approximate surface area is 131 Å². The van der Waals surface area contributed by atoms with Crippen LogP contribution in [0.4, 0.5) is 0 Å². The van der Waals surface area contributed by atoms with Crippen molar-refractivity contribution in [1.82, 2.24) is 19.1 Å². The molecule has 0 radical (unpaired) electrons. The van der Waals surface area contributed by atoms with Crippen LogP contribution in [0.15, 0.2) is 24.9 Å². The van der Waals surface area contributed by atoms with Gasteiger partial charge in [0, 0.05) is 38.1 Å². The first-order chi connectivity index (χ1) is 8.71. The molecule has 2 aromatic heterocycles. The Kier molecular flexibility index (Phi) is 8.94. The zero-order chi connectivity index (χ0) is 14.6. The van der Waals surface area contributed by atoms with Crippen LogP contribution in [0.5, 0.6) is 0 Å². The monoisotopic (exact) mass is 294 g/mol. The molecule has 0 aliphatic carbocycles. The molecule has 0 amide bonds. The minimum absolute atomic E-state index is 0. The third-order valence-electron chi connectivity index (χ3n) is 2.81. The second kappa shape index (κ2) is 8.65. The zero-order valence-electron chi connectivity index (χ0n) is 13.2. The molecule has 4 nitrogen and oxygen atoms in total. The van der Waals surface area contributed by atoms with Crippen LogP contribution in [0.1, 0.15) is 66.9 Å². The molecule has 4 heteroatoms. The van der Waals surface area contributed by atoms with Crippen molar-refractivity contribution in [3.05, 3.63) is 36.4 Å². The lowest BCUT2D eigenvalue weighted by Crippen LogP contribution is -2.16. The normalized spacial score (nSPS) is 10.3. The minimum atomic E-state index is 0. The fourth-order valence-electron chi connectivity index (χ4n) is 1.82. The van der Waals surface area contributed by atoms with E-state index in [9.17, 15) is 0 Å². The molecule has 0 saturated carbocycles. The minimum Gasteiger partial charge on any atom is -0.340 e. The fourth-order valence-corrected chi connectivity index (χ4v) is 1.82. The summed E-state index contributed by atoms with van der Waals surface area (Å²) >= 11 is 0. The smallest absolute Gasteiger partial charge is 0.113 e.